The SMILES string of the molecule is O=C(c1ccc(F)cc1Cl)N(Cc1ccccn1)Cc1ccco1. The highest BCUT2D eigenvalue weighted by molar-refractivity contribution is 6.33. The highest BCUT2D eigenvalue weighted by atomic mass is 35.5. The summed E-state index contributed by atoms with van der Waals surface area (Å²) in [5, 5.41) is 0.0745. The van der Waals surface area contributed by atoms with E-state index in [1.54, 1.807) is 35.6 Å². The third kappa shape index (κ3) is 3.81. The zero-order valence-electron chi connectivity index (χ0n) is 12.7. The molecule has 0 atom stereocenters. The number of nitrogens with zero attached hydrogens (tertiary/aromatic N) is 2. The Morgan fingerprint density at radius 1 is 1.17 bits per heavy atom. The summed E-state index contributed by atoms with van der Waals surface area (Å²) in [5.41, 5.74) is 0.969. The van der Waals surface area contributed by atoms with Gasteiger partial charge in [0, 0.05) is 6.20 Å². The normalized spacial score (nSPS) is 10.6. The second-order valence-corrected chi connectivity index (χ2v) is 5.59. The Hall–Kier alpha value is -2.66. The molecule has 0 aliphatic heterocycles. The van der Waals surface area contributed by atoms with Gasteiger partial charge in [0.2, 0.25) is 0 Å². The van der Waals surface area contributed by atoms with Crippen LogP contribution in [0.1, 0.15) is 21.8 Å². The molecule has 0 bridgehead atoms. The topological polar surface area (TPSA) is 46.3 Å². The summed E-state index contributed by atoms with van der Waals surface area (Å²) in [7, 11) is 0. The van der Waals surface area contributed by atoms with E-state index in [1.165, 1.54) is 12.1 Å². The van der Waals surface area contributed by atoms with Gasteiger partial charge in [-0.2, -0.15) is 0 Å². The van der Waals surface area contributed by atoms with E-state index in [-0.39, 0.29) is 29.6 Å². The maximum Gasteiger partial charge on any atom is 0.256 e. The Morgan fingerprint density at radius 2 is 2.04 bits per heavy atom. The van der Waals surface area contributed by atoms with Crippen molar-refractivity contribution in [3.05, 3.63) is 88.8 Å². The number of hydrogen-bond acceptors (Lipinski definition) is 3. The number of halogens is 2. The molecule has 0 saturated heterocycles. The lowest BCUT2D eigenvalue weighted by atomic mass is 10.1. The van der Waals surface area contributed by atoms with E-state index >= 15 is 0 Å². The lowest BCUT2D eigenvalue weighted by Gasteiger charge is -2.22. The number of aromatic nitrogens is 1. The first-order valence-corrected chi connectivity index (χ1v) is 7.68. The molecule has 0 saturated carbocycles. The number of carbonyl (C=O) groups excluding carboxylic acids is 1. The summed E-state index contributed by atoms with van der Waals surface area (Å²) < 4.78 is 18.6. The molecule has 0 fully saturated rings. The van der Waals surface area contributed by atoms with Crippen molar-refractivity contribution in [1.29, 1.82) is 0 Å². The van der Waals surface area contributed by atoms with Crippen LogP contribution in [0.2, 0.25) is 5.02 Å². The Kier molecular flexibility index (Phi) is 4.91. The van der Waals surface area contributed by atoms with Gasteiger partial charge >= 0.3 is 0 Å². The number of hydrogen-bond donors (Lipinski definition) is 0. The molecule has 0 aliphatic carbocycles. The van der Waals surface area contributed by atoms with Crippen LogP contribution in [0.4, 0.5) is 4.39 Å². The van der Waals surface area contributed by atoms with E-state index in [0.717, 1.165) is 11.8 Å². The summed E-state index contributed by atoms with van der Waals surface area (Å²) in [6.07, 6.45) is 3.21. The molecule has 24 heavy (non-hydrogen) atoms. The van der Waals surface area contributed by atoms with Gasteiger partial charge < -0.3 is 9.32 Å². The fraction of sp³-hybridized carbons (Fsp3) is 0.111. The number of rotatable bonds is 5. The standard InChI is InChI=1S/C18H14ClFN2O2/c19-17-10-13(20)6-7-16(17)18(23)22(12-15-5-3-9-24-15)11-14-4-1-2-8-21-14/h1-10H,11-12H2. The van der Waals surface area contributed by atoms with E-state index in [0.29, 0.717) is 5.76 Å². The van der Waals surface area contributed by atoms with Crippen molar-refractivity contribution in [2.45, 2.75) is 13.1 Å². The molecule has 1 amide bonds. The first-order chi connectivity index (χ1) is 11.6. The van der Waals surface area contributed by atoms with Gasteiger partial charge in [0.15, 0.2) is 0 Å². The molecule has 1 aromatic carbocycles. The molecule has 122 valence electrons. The van der Waals surface area contributed by atoms with Gasteiger partial charge in [-0.15, -0.1) is 0 Å². The largest absolute Gasteiger partial charge is 0.467 e. The minimum absolute atomic E-state index is 0.0745. The monoisotopic (exact) mass is 344 g/mol. The smallest absolute Gasteiger partial charge is 0.256 e. The maximum absolute atomic E-state index is 13.2. The van der Waals surface area contributed by atoms with Crippen LogP contribution in [-0.4, -0.2) is 15.8 Å². The summed E-state index contributed by atoms with van der Waals surface area (Å²) in [5.74, 6) is -0.168. The summed E-state index contributed by atoms with van der Waals surface area (Å²) in [6.45, 7) is 0.546. The lowest BCUT2D eigenvalue weighted by molar-refractivity contribution is 0.0715. The molecule has 3 rings (SSSR count). The summed E-state index contributed by atoms with van der Waals surface area (Å²) in [4.78, 5) is 18.7. The first kappa shape index (κ1) is 16.2. The third-order valence-corrected chi connectivity index (χ3v) is 3.77. The predicted molar refractivity (Wildman–Crippen MR) is 87.9 cm³/mol. The van der Waals surface area contributed by atoms with Gasteiger partial charge in [0.25, 0.3) is 5.91 Å². The second kappa shape index (κ2) is 7.27. The van der Waals surface area contributed by atoms with Gasteiger partial charge in [-0.1, -0.05) is 17.7 Å². The average molecular weight is 345 g/mol. The van der Waals surface area contributed by atoms with Gasteiger partial charge in [-0.25, -0.2) is 4.39 Å². The predicted octanol–water partition coefficient (Wildman–Crippen LogP) is 4.31. The highest BCUT2D eigenvalue weighted by Gasteiger charge is 2.21. The third-order valence-electron chi connectivity index (χ3n) is 3.45. The van der Waals surface area contributed by atoms with Crippen molar-refractivity contribution < 1.29 is 13.6 Å². The summed E-state index contributed by atoms with van der Waals surface area (Å²) in [6, 6.07) is 12.7. The van der Waals surface area contributed by atoms with Crippen LogP contribution in [0.5, 0.6) is 0 Å². The van der Waals surface area contributed by atoms with Gasteiger partial charge in [-0.05, 0) is 42.5 Å². The molecule has 6 heteroatoms. The van der Waals surface area contributed by atoms with E-state index < -0.39 is 5.82 Å². The lowest BCUT2D eigenvalue weighted by Crippen LogP contribution is -2.30. The molecule has 0 aliphatic rings. The Morgan fingerprint density at radius 3 is 2.71 bits per heavy atom. The van der Waals surface area contributed by atoms with Crippen LogP contribution in [0.25, 0.3) is 0 Å². The number of benzene rings is 1. The van der Waals surface area contributed by atoms with Gasteiger partial charge in [-0.3, -0.25) is 9.78 Å². The van der Waals surface area contributed by atoms with Crippen LogP contribution in [0.15, 0.2) is 65.4 Å². The van der Waals surface area contributed by atoms with Crippen LogP contribution >= 0.6 is 11.6 Å². The Balaban J connectivity index is 1.89. The molecule has 3 aromatic rings. The number of carbonyl (C=O) groups is 1. The quantitative estimate of drug-likeness (QED) is 0.693. The first-order valence-electron chi connectivity index (χ1n) is 7.30. The van der Waals surface area contributed by atoms with E-state index in [9.17, 15) is 9.18 Å². The highest BCUT2D eigenvalue weighted by Crippen LogP contribution is 2.21. The van der Waals surface area contributed by atoms with Crippen LogP contribution < -0.4 is 0 Å². The Bertz CT molecular complexity index is 822. The summed E-state index contributed by atoms with van der Waals surface area (Å²) >= 11 is 6.03. The molecule has 4 nitrogen and oxygen atoms in total. The van der Waals surface area contributed by atoms with Crippen LogP contribution in [-0.2, 0) is 13.1 Å². The molecule has 0 unspecified atom stereocenters. The minimum atomic E-state index is -0.487. The van der Waals surface area contributed by atoms with Crippen molar-refractivity contribution in [3.8, 4) is 0 Å². The van der Waals surface area contributed by atoms with Crippen molar-refractivity contribution in [3.63, 3.8) is 0 Å². The molecule has 0 radical (unpaired) electrons. The van der Waals surface area contributed by atoms with Crippen molar-refractivity contribution >= 4 is 17.5 Å². The molecule has 2 aromatic heterocycles. The minimum Gasteiger partial charge on any atom is -0.467 e. The average Bonchev–Trinajstić information content (AvgIpc) is 3.08. The van der Waals surface area contributed by atoms with Gasteiger partial charge in [0.05, 0.1) is 35.6 Å². The van der Waals surface area contributed by atoms with Crippen molar-refractivity contribution in [2.75, 3.05) is 0 Å². The Labute approximate surface area is 143 Å². The fourth-order valence-corrected chi connectivity index (χ4v) is 2.56. The van der Waals surface area contributed by atoms with E-state index in [2.05, 4.69) is 4.98 Å². The maximum atomic E-state index is 13.2. The number of furan rings is 1. The molecule has 0 spiro atoms. The molecule has 0 N–H and O–H groups in total. The van der Waals surface area contributed by atoms with Gasteiger partial charge in [0.1, 0.15) is 11.6 Å². The number of pyridine rings is 1. The van der Waals surface area contributed by atoms with Crippen molar-refractivity contribution in [2.24, 2.45) is 0 Å². The van der Waals surface area contributed by atoms with E-state index in [4.69, 9.17) is 16.0 Å². The fourth-order valence-electron chi connectivity index (χ4n) is 2.31. The van der Waals surface area contributed by atoms with Crippen LogP contribution in [0.3, 0.4) is 0 Å². The molecular weight excluding hydrogens is 331 g/mol. The molecule has 2 heterocycles. The zero-order valence-corrected chi connectivity index (χ0v) is 13.4. The number of amides is 1. The molecular formula is C18H14ClFN2O2. The van der Waals surface area contributed by atoms with E-state index in [1.807, 2.05) is 12.1 Å². The van der Waals surface area contributed by atoms with Crippen molar-refractivity contribution in [1.82, 2.24) is 9.88 Å². The zero-order chi connectivity index (χ0) is 16.9. The second-order valence-electron chi connectivity index (χ2n) is 5.19. The van der Waals surface area contributed by atoms with Crippen LogP contribution in [0, 0.1) is 5.82 Å².